The summed E-state index contributed by atoms with van der Waals surface area (Å²) >= 11 is 0. The first kappa shape index (κ1) is 21.4. The molecule has 0 aliphatic heterocycles. The Kier molecular flexibility index (Phi) is 7.56. The van der Waals surface area contributed by atoms with Crippen molar-refractivity contribution in [3.8, 4) is 6.07 Å². The van der Waals surface area contributed by atoms with E-state index < -0.39 is 11.5 Å². The SMILES string of the molecule is Cc1[nH]c(=O)c(C#N)c(C)c1CCC(=O)OCC(=O)N(C(C)C)C(C)C. The summed E-state index contributed by atoms with van der Waals surface area (Å²) < 4.78 is 5.10. The molecule has 0 saturated heterocycles. The highest BCUT2D eigenvalue weighted by molar-refractivity contribution is 5.81. The van der Waals surface area contributed by atoms with Crippen LogP contribution >= 0.6 is 0 Å². The molecular formula is C19H27N3O4. The maximum Gasteiger partial charge on any atom is 0.306 e. The normalized spacial score (nSPS) is 10.7. The number of pyridine rings is 1. The zero-order valence-corrected chi connectivity index (χ0v) is 16.3. The van der Waals surface area contributed by atoms with Crippen LogP contribution in [0.2, 0.25) is 0 Å². The van der Waals surface area contributed by atoms with Gasteiger partial charge >= 0.3 is 5.97 Å². The second-order valence-corrected chi connectivity index (χ2v) is 6.82. The molecule has 0 fully saturated rings. The quantitative estimate of drug-likeness (QED) is 0.748. The molecule has 1 aromatic heterocycles. The molecule has 1 amide bonds. The summed E-state index contributed by atoms with van der Waals surface area (Å²) in [6, 6.07) is 1.93. The van der Waals surface area contributed by atoms with E-state index in [9.17, 15) is 14.4 Å². The largest absolute Gasteiger partial charge is 0.456 e. The van der Waals surface area contributed by atoms with E-state index in [4.69, 9.17) is 10.00 Å². The molecule has 0 unspecified atom stereocenters. The van der Waals surface area contributed by atoms with Gasteiger partial charge in [-0.3, -0.25) is 14.4 Å². The van der Waals surface area contributed by atoms with E-state index in [-0.39, 0.29) is 36.6 Å². The van der Waals surface area contributed by atoms with Crippen molar-refractivity contribution in [1.29, 1.82) is 5.26 Å². The van der Waals surface area contributed by atoms with Gasteiger partial charge in [-0.15, -0.1) is 0 Å². The van der Waals surface area contributed by atoms with E-state index in [0.29, 0.717) is 17.7 Å². The zero-order chi connectivity index (χ0) is 20.0. The van der Waals surface area contributed by atoms with Crippen LogP contribution in [0.25, 0.3) is 0 Å². The second-order valence-electron chi connectivity index (χ2n) is 6.82. The number of hydrogen-bond donors (Lipinski definition) is 1. The smallest absolute Gasteiger partial charge is 0.306 e. The van der Waals surface area contributed by atoms with Gasteiger partial charge in [-0.05, 0) is 59.1 Å². The van der Waals surface area contributed by atoms with Crippen LogP contribution in [-0.2, 0) is 20.7 Å². The van der Waals surface area contributed by atoms with Gasteiger partial charge in [0.15, 0.2) is 6.61 Å². The number of H-pyrrole nitrogens is 1. The summed E-state index contributed by atoms with van der Waals surface area (Å²) in [6.07, 6.45) is 0.392. The van der Waals surface area contributed by atoms with Crippen LogP contribution < -0.4 is 5.56 Å². The molecule has 1 N–H and O–H groups in total. The summed E-state index contributed by atoms with van der Waals surface area (Å²) in [7, 11) is 0. The van der Waals surface area contributed by atoms with Crippen molar-refractivity contribution < 1.29 is 14.3 Å². The fourth-order valence-electron chi connectivity index (χ4n) is 3.11. The van der Waals surface area contributed by atoms with Crippen LogP contribution in [-0.4, -0.2) is 40.5 Å². The topological polar surface area (TPSA) is 103 Å². The average molecular weight is 361 g/mol. The minimum Gasteiger partial charge on any atom is -0.456 e. The Labute approximate surface area is 154 Å². The number of aromatic nitrogens is 1. The highest BCUT2D eigenvalue weighted by atomic mass is 16.5. The minimum atomic E-state index is -0.491. The molecule has 0 bridgehead atoms. The van der Waals surface area contributed by atoms with Crippen LogP contribution in [0.15, 0.2) is 4.79 Å². The van der Waals surface area contributed by atoms with Crippen LogP contribution in [0.4, 0.5) is 0 Å². The van der Waals surface area contributed by atoms with Gasteiger partial charge in [0.1, 0.15) is 11.6 Å². The Morgan fingerprint density at radius 2 is 1.77 bits per heavy atom. The number of esters is 1. The van der Waals surface area contributed by atoms with Crippen LogP contribution in [0.5, 0.6) is 0 Å². The molecule has 0 saturated carbocycles. The molecule has 0 aliphatic rings. The minimum absolute atomic E-state index is 0.0250. The number of hydrogen-bond acceptors (Lipinski definition) is 5. The predicted octanol–water partition coefficient (Wildman–Crippen LogP) is 1.98. The van der Waals surface area contributed by atoms with E-state index >= 15 is 0 Å². The molecule has 1 rings (SSSR count). The van der Waals surface area contributed by atoms with Crippen molar-refractivity contribution >= 4 is 11.9 Å². The van der Waals surface area contributed by atoms with E-state index in [2.05, 4.69) is 4.98 Å². The Morgan fingerprint density at radius 3 is 2.27 bits per heavy atom. The van der Waals surface area contributed by atoms with Gasteiger partial charge in [0.2, 0.25) is 0 Å². The maximum atomic E-state index is 12.2. The number of amides is 1. The van der Waals surface area contributed by atoms with Crippen molar-refractivity contribution in [2.24, 2.45) is 0 Å². The van der Waals surface area contributed by atoms with E-state index in [1.54, 1.807) is 18.7 Å². The first-order chi connectivity index (χ1) is 12.1. The average Bonchev–Trinajstić information content (AvgIpc) is 2.52. The van der Waals surface area contributed by atoms with Gasteiger partial charge < -0.3 is 14.6 Å². The monoisotopic (exact) mass is 361 g/mol. The third-order valence-corrected chi connectivity index (χ3v) is 4.26. The number of ether oxygens (including phenoxy) is 1. The molecule has 7 nitrogen and oxygen atoms in total. The summed E-state index contributed by atoms with van der Waals surface area (Å²) in [5, 5.41) is 9.08. The van der Waals surface area contributed by atoms with Crippen LogP contribution in [0, 0.1) is 25.2 Å². The number of carbonyl (C=O) groups excluding carboxylic acids is 2. The molecule has 0 aliphatic carbocycles. The van der Waals surface area contributed by atoms with Crippen molar-refractivity contribution in [2.75, 3.05) is 6.61 Å². The van der Waals surface area contributed by atoms with Crippen molar-refractivity contribution in [3.05, 3.63) is 32.7 Å². The van der Waals surface area contributed by atoms with Crippen molar-refractivity contribution in [1.82, 2.24) is 9.88 Å². The van der Waals surface area contributed by atoms with Crippen LogP contribution in [0.3, 0.4) is 0 Å². The van der Waals surface area contributed by atoms with E-state index in [0.717, 1.165) is 5.56 Å². The number of nitrogens with zero attached hydrogens (tertiary/aromatic N) is 2. The van der Waals surface area contributed by atoms with Crippen molar-refractivity contribution in [2.45, 2.75) is 66.5 Å². The predicted molar refractivity (Wildman–Crippen MR) is 97.6 cm³/mol. The number of carbonyl (C=O) groups is 2. The molecule has 0 aromatic carbocycles. The summed E-state index contributed by atoms with van der Waals surface area (Å²) in [5.41, 5.74) is 1.57. The number of aryl methyl sites for hydroxylation is 1. The standard InChI is InChI=1S/C19H27N3O4/c1-11(2)22(12(3)4)17(23)10-26-18(24)8-7-15-13(5)16(9-20)19(25)21-14(15)6/h11-12H,7-8,10H2,1-6H3,(H,21,25). The first-order valence-corrected chi connectivity index (χ1v) is 8.69. The number of nitriles is 1. The lowest BCUT2D eigenvalue weighted by molar-refractivity contribution is -0.153. The fourth-order valence-corrected chi connectivity index (χ4v) is 3.11. The molecule has 1 aromatic rings. The molecule has 0 atom stereocenters. The van der Waals surface area contributed by atoms with Crippen LogP contribution in [0.1, 0.15) is 56.5 Å². The molecule has 1 heterocycles. The maximum absolute atomic E-state index is 12.2. The summed E-state index contributed by atoms with van der Waals surface area (Å²) in [4.78, 5) is 40.2. The molecular weight excluding hydrogens is 334 g/mol. The highest BCUT2D eigenvalue weighted by Crippen LogP contribution is 2.15. The van der Waals surface area contributed by atoms with E-state index in [1.165, 1.54) is 0 Å². The Hall–Kier alpha value is -2.62. The Bertz CT molecular complexity index is 764. The summed E-state index contributed by atoms with van der Waals surface area (Å²) in [5.74, 6) is -0.721. The van der Waals surface area contributed by atoms with Gasteiger partial charge in [-0.25, -0.2) is 0 Å². The zero-order valence-electron chi connectivity index (χ0n) is 16.3. The molecule has 0 radical (unpaired) electrons. The fraction of sp³-hybridized carbons (Fsp3) is 0.579. The van der Waals surface area contributed by atoms with Gasteiger partial charge in [0.05, 0.1) is 0 Å². The van der Waals surface area contributed by atoms with Gasteiger partial charge in [-0.2, -0.15) is 5.26 Å². The number of aromatic amines is 1. The molecule has 142 valence electrons. The summed E-state index contributed by atoms with van der Waals surface area (Å²) in [6.45, 7) is 10.8. The Morgan fingerprint density at radius 1 is 1.19 bits per heavy atom. The highest BCUT2D eigenvalue weighted by Gasteiger charge is 2.21. The number of nitrogens with one attached hydrogen (secondary N) is 1. The van der Waals surface area contributed by atoms with E-state index in [1.807, 2.05) is 33.8 Å². The third kappa shape index (κ3) is 5.19. The van der Waals surface area contributed by atoms with Gasteiger partial charge in [0, 0.05) is 24.2 Å². The first-order valence-electron chi connectivity index (χ1n) is 8.69. The van der Waals surface area contributed by atoms with Gasteiger partial charge in [0.25, 0.3) is 11.5 Å². The molecule has 0 spiro atoms. The van der Waals surface area contributed by atoms with Crippen molar-refractivity contribution in [3.63, 3.8) is 0 Å². The number of rotatable bonds is 7. The lowest BCUT2D eigenvalue weighted by Crippen LogP contribution is -2.44. The molecule has 7 heteroatoms. The third-order valence-electron chi connectivity index (χ3n) is 4.26. The second kappa shape index (κ2) is 9.18. The molecule has 26 heavy (non-hydrogen) atoms. The lowest BCUT2D eigenvalue weighted by atomic mass is 9.99. The Balaban J connectivity index is 2.70. The van der Waals surface area contributed by atoms with Gasteiger partial charge in [-0.1, -0.05) is 0 Å². The lowest BCUT2D eigenvalue weighted by Gasteiger charge is -2.30.